The Morgan fingerprint density at radius 3 is 2.03 bits per heavy atom. The largest absolute Gasteiger partial charge is 0.394 e. The minimum atomic E-state index is -3.88. The summed E-state index contributed by atoms with van der Waals surface area (Å²) in [7, 11) is -2.61. The summed E-state index contributed by atoms with van der Waals surface area (Å²) in [6, 6.07) is -2.61. The molecule has 0 spiro atoms. The summed E-state index contributed by atoms with van der Waals surface area (Å²) in [6.45, 7) is -0.173. The third-order valence-corrected chi connectivity index (χ3v) is 5.68. The first-order valence-electron chi connectivity index (χ1n) is 9.43. The molecule has 2 rings (SSSR count). The van der Waals surface area contributed by atoms with Gasteiger partial charge in [-0.1, -0.05) is 0 Å². The normalized spacial score (nSPS) is 41.7. The molecule has 1 unspecified atom stereocenters. The van der Waals surface area contributed by atoms with Gasteiger partial charge in [-0.25, -0.2) is 13.1 Å². The van der Waals surface area contributed by atoms with Crippen molar-refractivity contribution < 1.29 is 57.7 Å². The summed E-state index contributed by atoms with van der Waals surface area (Å²) in [5.41, 5.74) is 0. The molecule has 14 nitrogen and oxygen atoms in total. The molecule has 0 aromatic carbocycles. The average molecular weight is 474 g/mol. The Hall–Kier alpha value is -0.980. The van der Waals surface area contributed by atoms with E-state index in [1.807, 2.05) is 0 Å². The highest BCUT2D eigenvalue weighted by Crippen LogP contribution is 2.29. The molecule has 182 valence electrons. The lowest BCUT2D eigenvalue weighted by molar-refractivity contribution is -0.336. The lowest BCUT2D eigenvalue weighted by Crippen LogP contribution is -2.69. The lowest BCUT2D eigenvalue weighted by Gasteiger charge is -2.47. The van der Waals surface area contributed by atoms with Crippen LogP contribution in [0.2, 0.25) is 0 Å². The highest BCUT2D eigenvalue weighted by molar-refractivity contribution is 7.88. The summed E-state index contributed by atoms with van der Waals surface area (Å²) >= 11 is 0. The number of nitrogens with one attached hydrogen (secondary N) is 2. The summed E-state index contributed by atoms with van der Waals surface area (Å²) < 4.78 is 46.9. The molecule has 2 heterocycles. The zero-order chi connectivity index (χ0) is 23.5. The maximum atomic E-state index is 11.6. The van der Waals surface area contributed by atoms with Gasteiger partial charge < -0.3 is 49.8 Å². The Labute approximate surface area is 179 Å². The number of methoxy groups -OCH3 is 1. The molecule has 10 atom stereocenters. The predicted octanol–water partition coefficient (Wildman–Crippen LogP) is -5.04. The summed E-state index contributed by atoms with van der Waals surface area (Å²) in [5.74, 6) is -0.509. The van der Waals surface area contributed by atoms with Gasteiger partial charge in [0, 0.05) is 14.0 Å². The van der Waals surface area contributed by atoms with Crippen LogP contribution >= 0.6 is 0 Å². The van der Waals surface area contributed by atoms with E-state index in [0.29, 0.717) is 0 Å². The van der Waals surface area contributed by atoms with Crippen LogP contribution in [0.15, 0.2) is 0 Å². The van der Waals surface area contributed by atoms with Crippen molar-refractivity contribution in [3.63, 3.8) is 0 Å². The van der Waals surface area contributed by atoms with Crippen LogP contribution in [0.3, 0.4) is 0 Å². The molecule has 0 saturated carbocycles. The van der Waals surface area contributed by atoms with Crippen LogP contribution in [0, 0.1) is 0 Å². The van der Waals surface area contributed by atoms with Crippen molar-refractivity contribution in [2.24, 2.45) is 0 Å². The summed E-state index contributed by atoms with van der Waals surface area (Å²) in [6.07, 6.45) is -10.7. The van der Waals surface area contributed by atoms with Gasteiger partial charge in [0.2, 0.25) is 15.9 Å². The fraction of sp³-hybridized carbons (Fsp3) is 0.938. The van der Waals surface area contributed by atoms with Gasteiger partial charge in [0.15, 0.2) is 12.6 Å². The minimum Gasteiger partial charge on any atom is -0.394 e. The molecule has 2 aliphatic rings. The first-order valence-corrected chi connectivity index (χ1v) is 11.3. The second-order valence-corrected chi connectivity index (χ2v) is 9.18. The molecule has 0 aromatic rings. The molecular formula is C16H30N2O12S. The summed E-state index contributed by atoms with van der Waals surface area (Å²) in [4.78, 5) is 11.5. The van der Waals surface area contributed by atoms with E-state index >= 15 is 0 Å². The Balaban J connectivity index is 2.28. The quantitative estimate of drug-likeness (QED) is 0.176. The monoisotopic (exact) mass is 474 g/mol. The van der Waals surface area contributed by atoms with Gasteiger partial charge in [0.05, 0.1) is 25.5 Å². The van der Waals surface area contributed by atoms with Crippen molar-refractivity contribution in [3.8, 4) is 0 Å². The van der Waals surface area contributed by atoms with Crippen molar-refractivity contribution in [1.82, 2.24) is 10.0 Å². The molecule has 7 N–H and O–H groups in total. The SMILES string of the molecule is COC1O[C@H](CO)[C@@H](O[C@@H]2O[C@H](CO)[C@H](O)[C@H](NS(C)(=O)=O)[C@H]2O)[C@H](O)[C@H]1NC(C)=O. The van der Waals surface area contributed by atoms with E-state index < -0.39 is 90.4 Å². The lowest BCUT2D eigenvalue weighted by atomic mass is 9.95. The Bertz CT molecular complexity index is 709. The van der Waals surface area contributed by atoms with Crippen LogP contribution in [0.5, 0.6) is 0 Å². The number of rotatable bonds is 8. The smallest absolute Gasteiger partial charge is 0.217 e. The highest BCUT2D eigenvalue weighted by Gasteiger charge is 2.51. The van der Waals surface area contributed by atoms with Gasteiger partial charge in [-0.05, 0) is 0 Å². The third-order valence-electron chi connectivity index (χ3n) is 4.98. The number of hydrogen-bond donors (Lipinski definition) is 7. The Kier molecular flexibility index (Phi) is 9.12. The molecule has 0 bridgehead atoms. The topological polar surface area (TPSA) is 213 Å². The fourth-order valence-corrected chi connectivity index (χ4v) is 4.34. The molecule has 0 aliphatic carbocycles. The number of carbonyl (C=O) groups is 1. The van der Waals surface area contributed by atoms with E-state index in [1.165, 1.54) is 14.0 Å². The number of aliphatic hydroxyl groups is 5. The maximum absolute atomic E-state index is 11.6. The second kappa shape index (κ2) is 10.8. The van der Waals surface area contributed by atoms with Crippen molar-refractivity contribution in [2.45, 2.75) is 68.2 Å². The number of sulfonamides is 1. The zero-order valence-electron chi connectivity index (χ0n) is 17.2. The van der Waals surface area contributed by atoms with Crippen LogP contribution < -0.4 is 10.0 Å². The first-order chi connectivity index (χ1) is 14.4. The van der Waals surface area contributed by atoms with Gasteiger partial charge in [-0.3, -0.25) is 4.79 Å². The standard InChI is InChI=1S/C16H30N2O12S/c1-6(21)17-10-12(23)14(8(5-20)29-15(10)27-2)30-16-13(24)9(18-31(3,25)26)11(22)7(4-19)28-16/h7-16,18-20,22-24H,4-5H2,1-3H3,(H,17,21)/t7-,8-,9+,10-,11+,12-,13-,14-,15?,16+/m1/s1. The summed E-state index contributed by atoms with van der Waals surface area (Å²) in [5, 5.41) is 53.2. The Morgan fingerprint density at radius 1 is 0.968 bits per heavy atom. The molecule has 0 radical (unpaired) electrons. The van der Waals surface area contributed by atoms with E-state index in [-0.39, 0.29) is 0 Å². The van der Waals surface area contributed by atoms with Gasteiger partial charge >= 0.3 is 0 Å². The van der Waals surface area contributed by atoms with Crippen LogP contribution in [0.1, 0.15) is 6.92 Å². The maximum Gasteiger partial charge on any atom is 0.217 e. The van der Waals surface area contributed by atoms with E-state index in [9.17, 15) is 38.7 Å². The van der Waals surface area contributed by atoms with Crippen molar-refractivity contribution in [2.75, 3.05) is 26.6 Å². The number of hydrogen-bond acceptors (Lipinski definition) is 12. The van der Waals surface area contributed by atoms with E-state index in [2.05, 4.69) is 10.0 Å². The Morgan fingerprint density at radius 2 is 1.55 bits per heavy atom. The number of ether oxygens (including phenoxy) is 4. The molecule has 2 aliphatic heterocycles. The first kappa shape index (κ1) is 26.3. The molecule has 0 aromatic heterocycles. The molecule has 2 fully saturated rings. The fourth-order valence-electron chi connectivity index (χ4n) is 3.57. The number of amides is 1. The van der Waals surface area contributed by atoms with Gasteiger partial charge in [0.1, 0.15) is 42.7 Å². The molecular weight excluding hydrogens is 444 g/mol. The second-order valence-electron chi connectivity index (χ2n) is 7.40. The van der Waals surface area contributed by atoms with Crippen LogP contribution in [-0.4, -0.2) is 128 Å². The number of aliphatic hydroxyl groups excluding tert-OH is 5. The van der Waals surface area contributed by atoms with Crippen molar-refractivity contribution in [1.29, 1.82) is 0 Å². The molecule has 31 heavy (non-hydrogen) atoms. The van der Waals surface area contributed by atoms with E-state index in [0.717, 1.165) is 6.26 Å². The van der Waals surface area contributed by atoms with E-state index in [1.54, 1.807) is 0 Å². The third kappa shape index (κ3) is 6.29. The predicted molar refractivity (Wildman–Crippen MR) is 101 cm³/mol. The number of carbonyl (C=O) groups excluding carboxylic acids is 1. The minimum absolute atomic E-state index is 0.509. The van der Waals surface area contributed by atoms with Crippen LogP contribution in [0.4, 0.5) is 0 Å². The van der Waals surface area contributed by atoms with Gasteiger partial charge in [0.25, 0.3) is 0 Å². The molecule has 15 heteroatoms. The van der Waals surface area contributed by atoms with Crippen molar-refractivity contribution in [3.05, 3.63) is 0 Å². The van der Waals surface area contributed by atoms with E-state index in [4.69, 9.17) is 18.9 Å². The zero-order valence-corrected chi connectivity index (χ0v) is 18.0. The highest BCUT2D eigenvalue weighted by atomic mass is 32.2. The average Bonchev–Trinajstić information content (AvgIpc) is 2.69. The van der Waals surface area contributed by atoms with Crippen molar-refractivity contribution >= 4 is 15.9 Å². The molecule has 1 amide bonds. The van der Waals surface area contributed by atoms with Crippen LogP contribution in [-0.2, 0) is 33.8 Å². The van der Waals surface area contributed by atoms with Gasteiger partial charge in [-0.2, -0.15) is 0 Å². The molecule has 2 saturated heterocycles. The van der Waals surface area contributed by atoms with Gasteiger partial charge in [-0.15, -0.1) is 0 Å². The van der Waals surface area contributed by atoms with Crippen LogP contribution in [0.25, 0.3) is 0 Å².